The molecule has 3 fully saturated rings. The lowest BCUT2D eigenvalue weighted by Crippen LogP contribution is -2.76. The van der Waals surface area contributed by atoms with Gasteiger partial charge in [0.2, 0.25) is 0 Å². The van der Waals surface area contributed by atoms with E-state index in [1.54, 1.807) is 7.11 Å². The number of aliphatic hydroxyl groups is 1. The molecule has 1 spiro atoms. The number of benzene rings is 1. The largest absolute Gasteiger partial charge is 0.497 e. The zero-order valence-corrected chi connectivity index (χ0v) is 16.4. The van der Waals surface area contributed by atoms with Gasteiger partial charge in [-0.1, -0.05) is 13.0 Å². The van der Waals surface area contributed by atoms with Gasteiger partial charge in [0.15, 0.2) is 0 Å². The van der Waals surface area contributed by atoms with E-state index in [2.05, 4.69) is 28.5 Å². The number of nitrogens with zero attached hydrogens (tertiary/aromatic N) is 1. The summed E-state index contributed by atoms with van der Waals surface area (Å²) in [5.41, 5.74) is -0.178. The number of imide groups is 1. The number of ether oxygens (including phenoxy) is 1. The highest BCUT2D eigenvalue weighted by atomic mass is 16.5. The smallest absolute Gasteiger partial charge is 0.322 e. The molecule has 2 aliphatic carbocycles. The Balaban J connectivity index is 1.70. The van der Waals surface area contributed by atoms with E-state index in [9.17, 15) is 14.7 Å². The minimum atomic E-state index is -0.945. The van der Waals surface area contributed by atoms with Crippen molar-refractivity contribution in [1.82, 2.24) is 15.5 Å². The first kappa shape index (κ1) is 17.9. The predicted molar refractivity (Wildman–Crippen MR) is 102 cm³/mol. The standard InChI is InChI=1S/C21H27N3O4/c1-3-24-9-8-19-12-20(17(25)22-18(26)23-20)6-7-21(19,27)16(24)10-13-4-5-14(28-2)11-15(13)19/h4-5,11,16,27H,3,6-10,12H2,1-2H3,(H2,22,23,25,26). The summed E-state index contributed by atoms with van der Waals surface area (Å²) in [6.45, 7) is 3.89. The SMILES string of the molecule is CCN1CCC23CC4(CCC2(O)C1Cc1ccc(OC)cc13)NC(=O)NC4=O. The van der Waals surface area contributed by atoms with Crippen molar-refractivity contribution in [3.05, 3.63) is 29.3 Å². The van der Waals surface area contributed by atoms with Crippen molar-refractivity contribution in [2.24, 2.45) is 0 Å². The van der Waals surface area contributed by atoms with Crippen LogP contribution in [0.3, 0.4) is 0 Å². The summed E-state index contributed by atoms with van der Waals surface area (Å²) in [4.78, 5) is 27.1. The molecule has 4 atom stereocenters. The van der Waals surface area contributed by atoms with E-state index in [0.29, 0.717) is 19.3 Å². The van der Waals surface area contributed by atoms with Gasteiger partial charge in [-0.15, -0.1) is 0 Å². The molecule has 28 heavy (non-hydrogen) atoms. The van der Waals surface area contributed by atoms with Crippen molar-refractivity contribution >= 4 is 11.9 Å². The Labute approximate surface area is 164 Å². The molecule has 7 heteroatoms. The van der Waals surface area contributed by atoms with Crippen LogP contribution in [0, 0.1) is 0 Å². The number of likely N-dealkylation sites (tertiary alicyclic amines) is 1. The van der Waals surface area contributed by atoms with E-state index < -0.39 is 22.6 Å². The van der Waals surface area contributed by atoms with Crippen LogP contribution in [0.2, 0.25) is 0 Å². The molecule has 1 saturated carbocycles. The topological polar surface area (TPSA) is 90.9 Å². The van der Waals surface area contributed by atoms with Gasteiger partial charge in [0.1, 0.15) is 11.3 Å². The maximum absolute atomic E-state index is 12.7. The third kappa shape index (κ3) is 2.06. The van der Waals surface area contributed by atoms with E-state index in [4.69, 9.17) is 4.74 Å². The summed E-state index contributed by atoms with van der Waals surface area (Å²) < 4.78 is 5.48. The zero-order chi connectivity index (χ0) is 19.7. The quantitative estimate of drug-likeness (QED) is 0.663. The highest BCUT2D eigenvalue weighted by Crippen LogP contribution is 2.60. The number of nitrogens with one attached hydrogen (secondary N) is 2. The molecule has 3 N–H and O–H groups in total. The third-order valence-corrected chi connectivity index (χ3v) is 7.85. The Morgan fingerprint density at radius 1 is 1.29 bits per heavy atom. The van der Waals surface area contributed by atoms with Crippen LogP contribution in [0.25, 0.3) is 0 Å². The van der Waals surface area contributed by atoms with E-state index >= 15 is 0 Å². The number of hydrogen-bond donors (Lipinski definition) is 3. The van der Waals surface area contributed by atoms with E-state index in [-0.39, 0.29) is 11.9 Å². The second-order valence-electron chi connectivity index (χ2n) is 8.80. The van der Waals surface area contributed by atoms with Crippen LogP contribution in [0.1, 0.15) is 43.7 Å². The number of methoxy groups -OCH3 is 1. The molecule has 5 rings (SSSR count). The lowest BCUT2D eigenvalue weighted by atomic mass is 9.46. The average molecular weight is 385 g/mol. The zero-order valence-electron chi connectivity index (χ0n) is 16.4. The van der Waals surface area contributed by atoms with Gasteiger partial charge in [-0.05, 0) is 68.5 Å². The van der Waals surface area contributed by atoms with Crippen molar-refractivity contribution in [2.45, 2.75) is 61.6 Å². The maximum atomic E-state index is 12.7. The summed E-state index contributed by atoms with van der Waals surface area (Å²) in [7, 11) is 1.64. The van der Waals surface area contributed by atoms with Crippen LogP contribution >= 0.6 is 0 Å². The first-order valence-corrected chi connectivity index (χ1v) is 10.1. The van der Waals surface area contributed by atoms with E-state index in [0.717, 1.165) is 37.2 Å². The molecule has 150 valence electrons. The van der Waals surface area contributed by atoms with Crippen molar-refractivity contribution in [1.29, 1.82) is 0 Å². The molecule has 4 unspecified atom stereocenters. The molecule has 0 radical (unpaired) electrons. The van der Waals surface area contributed by atoms with Crippen molar-refractivity contribution in [2.75, 3.05) is 20.2 Å². The predicted octanol–water partition coefficient (Wildman–Crippen LogP) is 1.08. The molecule has 2 aliphatic heterocycles. The van der Waals surface area contributed by atoms with Gasteiger partial charge in [-0.2, -0.15) is 0 Å². The summed E-state index contributed by atoms with van der Waals surface area (Å²) in [5.74, 6) is 0.491. The number of carbonyl (C=O) groups excluding carboxylic acids is 2. The number of carbonyl (C=O) groups is 2. The summed E-state index contributed by atoms with van der Waals surface area (Å²) in [5, 5.41) is 17.5. The highest BCUT2D eigenvalue weighted by molar-refractivity contribution is 6.07. The molecule has 4 aliphatic rings. The minimum Gasteiger partial charge on any atom is -0.497 e. The lowest BCUT2D eigenvalue weighted by Gasteiger charge is -2.65. The molecule has 2 saturated heterocycles. The number of likely N-dealkylation sites (N-methyl/N-ethyl adjacent to an activating group) is 1. The number of urea groups is 1. The molecule has 0 aromatic heterocycles. The summed E-state index contributed by atoms with van der Waals surface area (Å²) in [6.07, 6.45) is 2.90. The van der Waals surface area contributed by atoms with Crippen LogP contribution in [-0.2, 0) is 16.6 Å². The van der Waals surface area contributed by atoms with Gasteiger partial charge in [0.25, 0.3) is 5.91 Å². The lowest BCUT2D eigenvalue weighted by molar-refractivity contribution is -0.179. The molecule has 7 nitrogen and oxygen atoms in total. The maximum Gasteiger partial charge on any atom is 0.322 e. The van der Waals surface area contributed by atoms with Crippen molar-refractivity contribution in [3.8, 4) is 5.75 Å². The van der Waals surface area contributed by atoms with E-state index in [1.165, 1.54) is 5.56 Å². The third-order valence-electron chi connectivity index (χ3n) is 7.85. The van der Waals surface area contributed by atoms with Crippen LogP contribution in [-0.4, -0.2) is 59.3 Å². The fourth-order valence-corrected chi connectivity index (χ4v) is 6.47. The van der Waals surface area contributed by atoms with Gasteiger partial charge < -0.3 is 15.2 Å². The molecular formula is C21H27N3O4. The van der Waals surface area contributed by atoms with Gasteiger partial charge in [-0.25, -0.2) is 4.79 Å². The number of fused-ring (bicyclic) bond motifs is 1. The average Bonchev–Trinajstić information content (AvgIpc) is 2.95. The molecule has 2 bridgehead atoms. The molecule has 3 amide bonds. The molecular weight excluding hydrogens is 358 g/mol. The van der Waals surface area contributed by atoms with Gasteiger partial charge in [-0.3, -0.25) is 15.0 Å². The fraction of sp³-hybridized carbons (Fsp3) is 0.619. The number of piperidine rings is 1. The first-order valence-electron chi connectivity index (χ1n) is 10.1. The number of rotatable bonds is 2. The highest BCUT2D eigenvalue weighted by Gasteiger charge is 2.69. The monoisotopic (exact) mass is 385 g/mol. The van der Waals surface area contributed by atoms with Crippen LogP contribution in [0.5, 0.6) is 5.75 Å². The Hall–Kier alpha value is -2.12. The Kier molecular flexibility index (Phi) is 3.65. The number of amides is 3. The fourth-order valence-electron chi connectivity index (χ4n) is 6.47. The van der Waals surface area contributed by atoms with Crippen molar-refractivity contribution in [3.63, 3.8) is 0 Å². The van der Waals surface area contributed by atoms with Crippen LogP contribution in [0.4, 0.5) is 4.79 Å². The van der Waals surface area contributed by atoms with E-state index in [1.807, 2.05) is 12.1 Å². The Morgan fingerprint density at radius 2 is 2.11 bits per heavy atom. The Morgan fingerprint density at radius 3 is 2.79 bits per heavy atom. The van der Waals surface area contributed by atoms with Gasteiger partial charge in [0.05, 0.1) is 12.7 Å². The van der Waals surface area contributed by atoms with Gasteiger partial charge >= 0.3 is 6.03 Å². The van der Waals surface area contributed by atoms with Crippen LogP contribution in [0.15, 0.2) is 18.2 Å². The minimum absolute atomic E-state index is 0.0182. The normalized spacial score (nSPS) is 39.2. The molecule has 1 aromatic carbocycles. The molecule has 1 aromatic rings. The summed E-state index contributed by atoms with van der Waals surface area (Å²) in [6, 6.07) is 5.68. The Bertz CT molecular complexity index is 873. The van der Waals surface area contributed by atoms with Gasteiger partial charge in [0, 0.05) is 11.5 Å². The summed E-state index contributed by atoms with van der Waals surface area (Å²) >= 11 is 0. The van der Waals surface area contributed by atoms with Crippen LogP contribution < -0.4 is 15.4 Å². The van der Waals surface area contributed by atoms with Crippen molar-refractivity contribution < 1.29 is 19.4 Å². The second kappa shape index (κ2) is 5.70. The molecule has 2 heterocycles. The number of hydrogen-bond acceptors (Lipinski definition) is 5. The first-order chi connectivity index (χ1) is 13.4. The second-order valence-corrected chi connectivity index (χ2v) is 8.80.